The molecule has 0 unspecified atom stereocenters. The van der Waals surface area contributed by atoms with Crippen LogP contribution in [0.2, 0.25) is 0 Å². The molecule has 2 N–H and O–H groups in total. The normalized spacial score (nSPS) is 22.3. The van der Waals surface area contributed by atoms with Gasteiger partial charge in [-0.05, 0) is 44.0 Å². The predicted octanol–water partition coefficient (Wildman–Crippen LogP) is 2.41. The van der Waals surface area contributed by atoms with Crippen LogP contribution in [0.3, 0.4) is 0 Å². The number of hydrogen-bond donors (Lipinski definition) is 2. The Kier molecular flexibility index (Phi) is 6.46. The summed E-state index contributed by atoms with van der Waals surface area (Å²) in [7, 11) is 0. The number of rotatable bonds is 3. The highest BCUT2D eigenvalue weighted by Gasteiger charge is 2.28. The second-order valence-corrected chi connectivity index (χ2v) is 6.98. The van der Waals surface area contributed by atoms with Crippen LogP contribution in [0.4, 0.5) is 5.69 Å². The Morgan fingerprint density at radius 1 is 1.22 bits per heavy atom. The number of nitrogens with zero attached hydrogens (tertiary/aromatic N) is 3. The van der Waals surface area contributed by atoms with Crippen LogP contribution in [0.25, 0.3) is 11.4 Å². The van der Waals surface area contributed by atoms with Crippen LogP contribution in [0.1, 0.15) is 32.0 Å². The second-order valence-electron chi connectivity index (χ2n) is 6.98. The van der Waals surface area contributed by atoms with Gasteiger partial charge in [0.05, 0.1) is 12.7 Å². The van der Waals surface area contributed by atoms with Crippen molar-refractivity contribution >= 4 is 24.0 Å². The van der Waals surface area contributed by atoms with E-state index < -0.39 is 0 Å². The third kappa shape index (κ3) is 4.31. The van der Waals surface area contributed by atoms with E-state index in [0.29, 0.717) is 13.2 Å². The third-order valence-electron chi connectivity index (χ3n) is 5.12. The van der Waals surface area contributed by atoms with Gasteiger partial charge in [0.15, 0.2) is 5.82 Å². The van der Waals surface area contributed by atoms with E-state index in [1.54, 1.807) is 0 Å². The van der Waals surface area contributed by atoms with Gasteiger partial charge in [0.25, 0.3) is 0 Å². The maximum atomic E-state index is 12.4. The molecule has 4 rings (SSSR count). The molecule has 0 spiro atoms. The summed E-state index contributed by atoms with van der Waals surface area (Å²) < 4.78 is 7.77. The van der Waals surface area contributed by atoms with Gasteiger partial charge in [0.2, 0.25) is 5.91 Å². The molecule has 2 aliphatic rings. The highest BCUT2D eigenvalue weighted by atomic mass is 35.5. The van der Waals surface area contributed by atoms with Crippen molar-refractivity contribution < 1.29 is 9.53 Å². The molecule has 0 radical (unpaired) electrons. The number of nitrogens with one attached hydrogen (secondary N) is 2. The highest BCUT2D eigenvalue weighted by Crippen LogP contribution is 2.24. The van der Waals surface area contributed by atoms with E-state index in [1.165, 1.54) is 19.3 Å². The number of aryl methyl sites for hydroxylation is 1. The number of fused-ring (bicyclic) bond motifs is 1. The van der Waals surface area contributed by atoms with Crippen LogP contribution < -0.4 is 10.6 Å². The molecule has 3 heterocycles. The molecule has 146 valence electrons. The number of amides is 1. The molecule has 0 aliphatic carbocycles. The largest absolute Gasteiger partial charge is 0.375 e. The molecule has 2 aromatic rings. The average molecular weight is 392 g/mol. The SMILES string of the molecule is C[C@H]1OCCN[C@@H]1C(=O)Nc1ccc(-c2nnc3n2CCCCC3)cc1.Cl. The van der Waals surface area contributed by atoms with Crippen molar-refractivity contribution in [2.45, 2.75) is 51.3 Å². The molecule has 8 heteroatoms. The van der Waals surface area contributed by atoms with Gasteiger partial charge in [-0.1, -0.05) is 6.42 Å². The van der Waals surface area contributed by atoms with Gasteiger partial charge in [-0.25, -0.2) is 0 Å². The molecule has 1 amide bonds. The lowest BCUT2D eigenvalue weighted by Crippen LogP contribution is -2.53. The van der Waals surface area contributed by atoms with Crippen LogP contribution in [0, 0.1) is 0 Å². The zero-order valence-electron chi connectivity index (χ0n) is 15.5. The standard InChI is InChI=1S/C19H25N5O2.ClH/c1-13-17(20-10-12-26-13)19(25)21-15-8-6-14(7-9-15)18-23-22-16-5-3-2-4-11-24(16)18;/h6-9,13,17,20H,2-5,10-12H2,1H3,(H,21,25);1H/t13-,17+;/m1./s1. The number of hydrogen-bond acceptors (Lipinski definition) is 5. The lowest BCUT2D eigenvalue weighted by molar-refractivity contribution is -0.123. The van der Waals surface area contributed by atoms with Gasteiger partial charge in [0.1, 0.15) is 11.9 Å². The molecular weight excluding hydrogens is 366 g/mol. The Hall–Kier alpha value is -1.96. The van der Waals surface area contributed by atoms with Crippen molar-refractivity contribution in [3.8, 4) is 11.4 Å². The number of benzene rings is 1. The van der Waals surface area contributed by atoms with E-state index in [4.69, 9.17) is 4.74 Å². The summed E-state index contributed by atoms with van der Waals surface area (Å²) in [5, 5.41) is 14.9. The van der Waals surface area contributed by atoms with Crippen LogP contribution in [-0.4, -0.2) is 46.0 Å². The van der Waals surface area contributed by atoms with Crippen molar-refractivity contribution in [3.05, 3.63) is 30.1 Å². The Labute approximate surface area is 165 Å². The van der Waals surface area contributed by atoms with E-state index in [2.05, 4.69) is 25.4 Å². The first-order valence-corrected chi connectivity index (χ1v) is 9.41. The van der Waals surface area contributed by atoms with E-state index >= 15 is 0 Å². The van der Waals surface area contributed by atoms with Crippen molar-refractivity contribution in [3.63, 3.8) is 0 Å². The summed E-state index contributed by atoms with van der Waals surface area (Å²) in [6, 6.07) is 7.49. The van der Waals surface area contributed by atoms with Gasteiger partial charge in [-0.15, -0.1) is 22.6 Å². The molecule has 1 aromatic carbocycles. The molecule has 1 fully saturated rings. The van der Waals surface area contributed by atoms with Gasteiger partial charge in [0, 0.05) is 30.8 Å². The fourth-order valence-electron chi connectivity index (χ4n) is 3.65. The number of morpholine rings is 1. The van der Waals surface area contributed by atoms with Crippen LogP contribution in [-0.2, 0) is 22.5 Å². The first-order chi connectivity index (χ1) is 12.7. The number of halogens is 1. The molecule has 2 atom stereocenters. The first kappa shape index (κ1) is 19.8. The molecule has 0 saturated carbocycles. The zero-order chi connectivity index (χ0) is 17.9. The average Bonchev–Trinajstić information content (AvgIpc) is 2.91. The summed E-state index contributed by atoms with van der Waals surface area (Å²) in [6.07, 6.45) is 4.46. The minimum atomic E-state index is -0.323. The van der Waals surface area contributed by atoms with E-state index in [-0.39, 0.29) is 30.5 Å². The second kappa shape index (κ2) is 8.82. The summed E-state index contributed by atoms with van der Waals surface area (Å²) in [5.74, 6) is 1.92. The van der Waals surface area contributed by atoms with E-state index in [0.717, 1.165) is 35.9 Å². The van der Waals surface area contributed by atoms with Gasteiger partial charge < -0.3 is 19.9 Å². The van der Waals surface area contributed by atoms with Crippen molar-refractivity contribution in [2.24, 2.45) is 0 Å². The van der Waals surface area contributed by atoms with E-state index in [1.807, 2.05) is 31.2 Å². The van der Waals surface area contributed by atoms with Crippen molar-refractivity contribution in [1.82, 2.24) is 20.1 Å². The molecule has 1 saturated heterocycles. The molecule has 27 heavy (non-hydrogen) atoms. The lowest BCUT2D eigenvalue weighted by atomic mass is 10.1. The first-order valence-electron chi connectivity index (χ1n) is 9.41. The van der Waals surface area contributed by atoms with E-state index in [9.17, 15) is 4.79 Å². The molecule has 7 nitrogen and oxygen atoms in total. The maximum Gasteiger partial charge on any atom is 0.244 e. The van der Waals surface area contributed by atoms with Crippen molar-refractivity contribution in [1.29, 1.82) is 0 Å². The van der Waals surface area contributed by atoms with Gasteiger partial charge in [-0.3, -0.25) is 4.79 Å². The molecule has 2 aliphatic heterocycles. The Morgan fingerprint density at radius 3 is 2.81 bits per heavy atom. The monoisotopic (exact) mass is 391 g/mol. The molecule has 0 bridgehead atoms. The topological polar surface area (TPSA) is 81.1 Å². The number of aromatic nitrogens is 3. The molecular formula is C19H26ClN5O2. The quantitative estimate of drug-likeness (QED) is 0.839. The smallest absolute Gasteiger partial charge is 0.244 e. The number of carbonyl (C=O) groups excluding carboxylic acids is 1. The summed E-state index contributed by atoms with van der Waals surface area (Å²) in [4.78, 5) is 12.4. The van der Waals surface area contributed by atoms with Crippen molar-refractivity contribution in [2.75, 3.05) is 18.5 Å². The Morgan fingerprint density at radius 2 is 2.04 bits per heavy atom. The fraction of sp³-hybridized carbons (Fsp3) is 0.526. The number of ether oxygens (including phenoxy) is 1. The third-order valence-corrected chi connectivity index (χ3v) is 5.12. The van der Waals surface area contributed by atoms with Gasteiger partial charge in [-0.2, -0.15) is 0 Å². The lowest BCUT2D eigenvalue weighted by Gasteiger charge is -2.29. The van der Waals surface area contributed by atoms with Crippen LogP contribution in [0.5, 0.6) is 0 Å². The molecule has 1 aromatic heterocycles. The predicted molar refractivity (Wildman–Crippen MR) is 106 cm³/mol. The number of carbonyl (C=O) groups is 1. The Bertz CT molecular complexity index is 777. The maximum absolute atomic E-state index is 12.4. The van der Waals surface area contributed by atoms with Gasteiger partial charge >= 0.3 is 0 Å². The summed E-state index contributed by atoms with van der Waals surface area (Å²) in [6.45, 7) is 4.22. The minimum absolute atomic E-state index is 0. The highest BCUT2D eigenvalue weighted by molar-refractivity contribution is 5.95. The number of anilines is 1. The van der Waals surface area contributed by atoms with Crippen LogP contribution >= 0.6 is 12.4 Å². The summed E-state index contributed by atoms with van der Waals surface area (Å²) in [5.41, 5.74) is 1.80. The fourth-order valence-corrected chi connectivity index (χ4v) is 3.65. The Balaban J connectivity index is 0.00000210. The zero-order valence-corrected chi connectivity index (χ0v) is 16.3. The van der Waals surface area contributed by atoms with Crippen LogP contribution in [0.15, 0.2) is 24.3 Å². The summed E-state index contributed by atoms with van der Waals surface area (Å²) >= 11 is 0. The minimum Gasteiger partial charge on any atom is -0.375 e.